The number of hydrogen-bond acceptors (Lipinski definition) is 4. The number of likely N-dealkylation sites (tertiary alicyclic amines) is 1. The summed E-state index contributed by atoms with van der Waals surface area (Å²) in [6.07, 6.45) is 6.16. The van der Waals surface area contributed by atoms with Gasteiger partial charge in [-0.15, -0.1) is 0 Å². The fourth-order valence-corrected chi connectivity index (χ4v) is 3.23. The lowest BCUT2D eigenvalue weighted by atomic mass is 10.0. The smallest absolute Gasteiger partial charge is 0.314 e. The summed E-state index contributed by atoms with van der Waals surface area (Å²) in [6, 6.07) is 9.45. The summed E-state index contributed by atoms with van der Waals surface area (Å²) >= 11 is 0. The summed E-state index contributed by atoms with van der Waals surface area (Å²) in [5.74, 6) is 0.737. The van der Waals surface area contributed by atoms with Gasteiger partial charge < -0.3 is 10.2 Å². The Kier molecular flexibility index (Phi) is 3.82. The van der Waals surface area contributed by atoms with Crippen molar-refractivity contribution < 1.29 is 4.79 Å². The molecule has 1 saturated heterocycles. The molecule has 1 unspecified atom stereocenters. The standard InChI is InChI=1S/C17H18N6O/c24-17(21-13-7-3-5-12-6-4-9-18-15(12)13)23-10-2-1-8-14(23)16-19-11-20-22-16/h3-7,9,11,14H,1-2,8,10H2,(H,21,24)(H,19,20,22). The number of para-hydroxylation sites is 1. The molecule has 122 valence electrons. The van der Waals surface area contributed by atoms with Gasteiger partial charge in [0.1, 0.15) is 12.2 Å². The van der Waals surface area contributed by atoms with Gasteiger partial charge in [0.25, 0.3) is 0 Å². The third kappa shape index (κ3) is 2.68. The van der Waals surface area contributed by atoms with Gasteiger partial charge in [0.2, 0.25) is 0 Å². The number of hydrogen-bond donors (Lipinski definition) is 2. The molecule has 7 nitrogen and oxygen atoms in total. The number of aromatic amines is 1. The fourth-order valence-electron chi connectivity index (χ4n) is 3.23. The molecule has 3 heterocycles. The van der Waals surface area contributed by atoms with E-state index < -0.39 is 0 Å². The maximum Gasteiger partial charge on any atom is 0.322 e. The average molecular weight is 322 g/mol. The highest BCUT2D eigenvalue weighted by Crippen LogP contribution is 2.29. The third-order valence-corrected chi connectivity index (χ3v) is 4.39. The van der Waals surface area contributed by atoms with E-state index in [0.717, 1.165) is 41.7 Å². The van der Waals surface area contributed by atoms with E-state index >= 15 is 0 Å². The topological polar surface area (TPSA) is 86.8 Å². The molecule has 7 heteroatoms. The number of benzene rings is 1. The van der Waals surface area contributed by atoms with Crippen LogP contribution in [-0.2, 0) is 0 Å². The van der Waals surface area contributed by atoms with Crippen LogP contribution < -0.4 is 5.32 Å². The van der Waals surface area contributed by atoms with Crippen molar-refractivity contribution in [2.75, 3.05) is 11.9 Å². The van der Waals surface area contributed by atoms with Gasteiger partial charge in [0.15, 0.2) is 0 Å². The second-order valence-electron chi connectivity index (χ2n) is 5.89. The number of aromatic nitrogens is 4. The Balaban J connectivity index is 1.60. The Morgan fingerprint density at radius 2 is 2.12 bits per heavy atom. The first-order valence-electron chi connectivity index (χ1n) is 8.09. The number of nitrogens with one attached hydrogen (secondary N) is 2. The predicted octanol–water partition coefficient (Wildman–Crippen LogP) is 3.11. The van der Waals surface area contributed by atoms with Crippen LogP contribution in [0.5, 0.6) is 0 Å². The fraction of sp³-hybridized carbons (Fsp3) is 0.294. The van der Waals surface area contributed by atoms with E-state index in [9.17, 15) is 4.79 Å². The van der Waals surface area contributed by atoms with Gasteiger partial charge >= 0.3 is 6.03 Å². The number of carbonyl (C=O) groups excluding carboxylic acids is 1. The SMILES string of the molecule is O=C(Nc1cccc2cccnc12)N1CCCCC1c1ncn[nH]1. The van der Waals surface area contributed by atoms with Crippen LogP contribution in [0.15, 0.2) is 42.9 Å². The van der Waals surface area contributed by atoms with Crippen LogP contribution in [0.1, 0.15) is 31.1 Å². The number of nitrogens with zero attached hydrogens (tertiary/aromatic N) is 4. The minimum Gasteiger partial charge on any atom is -0.314 e. The van der Waals surface area contributed by atoms with Crippen molar-refractivity contribution in [1.29, 1.82) is 0 Å². The quantitative estimate of drug-likeness (QED) is 0.759. The van der Waals surface area contributed by atoms with E-state index in [4.69, 9.17) is 0 Å². The number of H-pyrrole nitrogens is 1. The first kappa shape index (κ1) is 14.6. The molecule has 3 aromatic rings. The molecule has 2 N–H and O–H groups in total. The number of carbonyl (C=O) groups is 1. The monoisotopic (exact) mass is 322 g/mol. The third-order valence-electron chi connectivity index (χ3n) is 4.39. The maximum atomic E-state index is 12.8. The molecule has 0 aliphatic carbocycles. The van der Waals surface area contributed by atoms with Gasteiger partial charge in [-0.3, -0.25) is 10.1 Å². The molecule has 1 atom stereocenters. The molecule has 1 aliphatic heterocycles. The lowest BCUT2D eigenvalue weighted by Crippen LogP contribution is -2.41. The lowest BCUT2D eigenvalue weighted by Gasteiger charge is -2.34. The van der Waals surface area contributed by atoms with Crippen molar-refractivity contribution in [3.8, 4) is 0 Å². The molecule has 1 aromatic carbocycles. The van der Waals surface area contributed by atoms with Crippen molar-refractivity contribution in [3.05, 3.63) is 48.7 Å². The highest BCUT2D eigenvalue weighted by Gasteiger charge is 2.30. The molecule has 0 bridgehead atoms. The van der Waals surface area contributed by atoms with Crippen molar-refractivity contribution in [2.24, 2.45) is 0 Å². The minimum absolute atomic E-state index is 0.0656. The molecular weight excluding hydrogens is 304 g/mol. The second-order valence-corrected chi connectivity index (χ2v) is 5.89. The highest BCUT2D eigenvalue weighted by atomic mass is 16.2. The van der Waals surface area contributed by atoms with Crippen LogP contribution in [0.25, 0.3) is 10.9 Å². The molecule has 0 radical (unpaired) electrons. The zero-order chi connectivity index (χ0) is 16.4. The minimum atomic E-state index is -0.130. The Morgan fingerprint density at radius 3 is 3.00 bits per heavy atom. The second kappa shape index (κ2) is 6.27. The van der Waals surface area contributed by atoms with Gasteiger partial charge in [-0.25, -0.2) is 9.78 Å². The van der Waals surface area contributed by atoms with Crippen LogP contribution in [0, 0.1) is 0 Å². The summed E-state index contributed by atoms with van der Waals surface area (Å²) < 4.78 is 0. The first-order valence-corrected chi connectivity index (χ1v) is 8.09. The Labute approximate surface area is 139 Å². The van der Waals surface area contributed by atoms with E-state index in [1.54, 1.807) is 6.20 Å². The molecular formula is C17H18N6O. The number of piperidine rings is 1. The molecule has 0 saturated carbocycles. The van der Waals surface area contributed by atoms with Crippen LogP contribution in [0.2, 0.25) is 0 Å². The largest absolute Gasteiger partial charge is 0.322 e. The molecule has 1 fully saturated rings. The van der Waals surface area contributed by atoms with E-state index in [1.165, 1.54) is 6.33 Å². The molecule has 1 aliphatic rings. The van der Waals surface area contributed by atoms with E-state index in [1.807, 2.05) is 35.2 Å². The van der Waals surface area contributed by atoms with Crippen LogP contribution in [0.3, 0.4) is 0 Å². The van der Waals surface area contributed by atoms with E-state index in [2.05, 4.69) is 25.5 Å². The number of rotatable bonds is 2. The van der Waals surface area contributed by atoms with E-state index in [0.29, 0.717) is 6.54 Å². The number of urea groups is 1. The maximum absolute atomic E-state index is 12.8. The number of pyridine rings is 1. The van der Waals surface area contributed by atoms with Crippen LogP contribution in [0.4, 0.5) is 10.5 Å². The predicted molar refractivity (Wildman–Crippen MR) is 90.4 cm³/mol. The summed E-state index contributed by atoms with van der Waals surface area (Å²) in [6.45, 7) is 0.704. The highest BCUT2D eigenvalue weighted by molar-refractivity contribution is 5.99. The summed E-state index contributed by atoms with van der Waals surface area (Å²) in [4.78, 5) is 23.3. The molecule has 2 aromatic heterocycles. The number of amides is 2. The number of fused-ring (bicyclic) bond motifs is 1. The Hall–Kier alpha value is -2.96. The lowest BCUT2D eigenvalue weighted by molar-refractivity contribution is 0.159. The summed E-state index contributed by atoms with van der Waals surface area (Å²) in [5, 5.41) is 10.8. The molecule has 4 rings (SSSR count). The zero-order valence-corrected chi connectivity index (χ0v) is 13.1. The van der Waals surface area contributed by atoms with Crippen molar-refractivity contribution in [3.63, 3.8) is 0 Å². The molecule has 2 amide bonds. The number of anilines is 1. The zero-order valence-electron chi connectivity index (χ0n) is 13.1. The summed E-state index contributed by atoms with van der Waals surface area (Å²) in [7, 11) is 0. The van der Waals surface area contributed by atoms with Gasteiger partial charge in [0, 0.05) is 18.1 Å². The van der Waals surface area contributed by atoms with Crippen LogP contribution in [-0.4, -0.2) is 37.6 Å². The molecule has 24 heavy (non-hydrogen) atoms. The Bertz CT molecular complexity index is 842. The van der Waals surface area contributed by atoms with Crippen LogP contribution >= 0.6 is 0 Å². The van der Waals surface area contributed by atoms with Crippen molar-refractivity contribution in [1.82, 2.24) is 25.1 Å². The average Bonchev–Trinajstić information content (AvgIpc) is 3.16. The molecule has 0 spiro atoms. The van der Waals surface area contributed by atoms with Gasteiger partial charge in [-0.2, -0.15) is 5.10 Å². The van der Waals surface area contributed by atoms with Gasteiger partial charge in [0.05, 0.1) is 17.2 Å². The van der Waals surface area contributed by atoms with Crippen molar-refractivity contribution in [2.45, 2.75) is 25.3 Å². The van der Waals surface area contributed by atoms with Crippen molar-refractivity contribution >= 4 is 22.6 Å². The van der Waals surface area contributed by atoms with Gasteiger partial charge in [-0.05, 0) is 31.4 Å². The summed E-state index contributed by atoms with van der Waals surface area (Å²) in [5.41, 5.74) is 1.52. The normalized spacial score (nSPS) is 17.8. The van der Waals surface area contributed by atoms with Gasteiger partial charge in [-0.1, -0.05) is 18.2 Å². The Morgan fingerprint density at radius 1 is 1.21 bits per heavy atom. The van der Waals surface area contributed by atoms with E-state index in [-0.39, 0.29) is 12.1 Å². The first-order chi connectivity index (χ1) is 11.8.